The van der Waals surface area contributed by atoms with Crippen molar-refractivity contribution in [1.29, 1.82) is 0 Å². The Morgan fingerprint density at radius 2 is 2.05 bits per heavy atom. The first-order chi connectivity index (χ1) is 9.22. The monoisotopic (exact) mass is 259 g/mol. The van der Waals surface area contributed by atoms with Crippen molar-refractivity contribution in [3.8, 4) is 0 Å². The lowest BCUT2D eigenvalue weighted by molar-refractivity contribution is -0.128. The van der Waals surface area contributed by atoms with Gasteiger partial charge in [0.2, 0.25) is 0 Å². The molecule has 2 aliphatic rings. The molecule has 19 heavy (non-hydrogen) atoms. The molecule has 1 aliphatic carbocycles. The maximum Gasteiger partial charge on any atom is 0.325 e. The standard InChI is InChI=1S/C14H17N3O2/c18-12-14(6-2-1-3-7-14)17(13(19)16-12)10-11-5-4-8-15-9-11/h4-5,8-9H,1-3,6-7,10H2,(H,16,18,19). The Morgan fingerprint density at radius 1 is 1.26 bits per heavy atom. The molecule has 1 N–H and O–H groups in total. The molecule has 1 saturated heterocycles. The molecular weight excluding hydrogens is 242 g/mol. The molecule has 0 bridgehead atoms. The van der Waals surface area contributed by atoms with Crippen LogP contribution < -0.4 is 5.32 Å². The van der Waals surface area contributed by atoms with Gasteiger partial charge in [-0.1, -0.05) is 25.3 Å². The molecule has 0 aromatic carbocycles. The summed E-state index contributed by atoms with van der Waals surface area (Å²) in [6, 6.07) is 3.51. The highest BCUT2D eigenvalue weighted by Crippen LogP contribution is 2.37. The summed E-state index contributed by atoms with van der Waals surface area (Å²) < 4.78 is 0. The van der Waals surface area contributed by atoms with Gasteiger partial charge in [-0.05, 0) is 24.5 Å². The van der Waals surface area contributed by atoms with Crippen LogP contribution in [0.5, 0.6) is 0 Å². The highest BCUT2D eigenvalue weighted by atomic mass is 16.2. The van der Waals surface area contributed by atoms with Crippen molar-refractivity contribution >= 4 is 11.9 Å². The molecule has 1 aromatic heterocycles. The van der Waals surface area contributed by atoms with Crippen LogP contribution in [0.25, 0.3) is 0 Å². The van der Waals surface area contributed by atoms with E-state index in [1.54, 1.807) is 17.3 Å². The molecule has 0 radical (unpaired) electrons. The van der Waals surface area contributed by atoms with Crippen molar-refractivity contribution in [2.75, 3.05) is 0 Å². The Balaban J connectivity index is 1.88. The maximum atomic E-state index is 12.2. The van der Waals surface area contributed by atoms with Gasteiger partial charge in [0.15, 0.2) is 0 Å². The summed E-state index contributed by atoms with van der Waals surface area (Å²) in [5.74, 6) is -0.124. The zero-order chi connectivity index (χ0) is 13.3. The minimum atomic E-state index is -0.620. The fourth-order valence-corrected chi connectivity index (χ4v) is 3.13. The van der Waals surface area contributed by atoms with Gasteiger partial charge >= 0.3 is 6.03 Å². The minimum absolute atomic E-state index is 0.124. The second kappa shape index (κ2) is 4.64. The van der Waals surface area contributed by atoms with Crippen molar-refractivity contribution < 1.29 is 9.59 Å². The Labute approximate surface area is 112 Å². The van der Waals surface area contributed by atoms with Crippen molar-refractivity contribution in [2.45, 2.75) is 44.2 Å². The predicted octanol–water partition coefficient (Wildman–Crippen LogP) is 1.84. The molecule has 100 valence electrons. The first kappa shape index (κ1) is 12.1. The highest BCUT2D eigenvalue weighted by molar-refractivity contribution is 6.07. The number of carbonyl (C=O) groups excluding carboxylic acids is 2. The smallest absolute Gasteiger partial charge is 0.305 e. The van der Waals surface area contributed by atoms with Crippen LogP contribution in [-0.2, 0) is 11.3 Å². The number of carbonyl (C=O) groups is 2. The summed E-state index contributed by atoms with van der Waals surface area (Å²) in [5, 5.41) is 2.48. The highest BCUT2D eigenvalue weighted by Gasteiger charge is 2.52. The SMILES string of the molecule is O=C1NC(=O)C2(CCCCC2)N1Cc1cccnc1. The van der Waals surface area contributed by atoms with E-state index in [1.165, 1.54) is 0 Å². The molecular formula is C14H17N3O2. The quantitative estimate of drug-likeness (QED) is 0.824. The zero-order valence-corrected chi connectivity index (χ0v) is 10.8. The van der Waals surface area contributed by atoms with Gasteiger partial charge in [0.05, 0.1) is 6.54 Å². The summed E-state index contributed by atoms with van der Waals surface area (Å²) in [5.41, 5.74) is 0.336. The van der Waals surface area contributed by atoms with E-state index >= 15 is 0 Å². The van der Waals surface area contributed by atoms with E-state index in [0.717, 1.165) is 37.7 Å². The van der Waals surface area contributed by atoms with Gasteiger partial charge < -0.3 is 4.90 Å². The molecule has 2 heterocycles. The maximum absolute atomic E-state index is 12.2. The molecule has 3 rings (SSSR count). The van der Waals surface area contributed by atoms with Crippen LogP contribution in [0, 0.1) is 0 Å². The fourth-order valence-electron chi connectivity index (χ4n) is 3.13. The number of amides is 3. The number of pyridine rings is 1. The van der Waals surface area contributed by atoms with Crippen LogP contribution in [0.15, 0.2) is 24.5 Å². The van der Waals surface area contributed by atoms with Gasteiger partial charge in [0.1, 0.15) is 5.54 Å². The van der Waals surface area contributed by atoms with Gasteiger partial charge in [-0.15, -0.1) is 0 Å². The Bertz CT molecular complexity index is 495. The molecule has 1 spiro atoms. The number of nitrogens with zero attached hydrogens (tertiary/aromatic N) is 2. The predicted molar refractivity (Wildman–Crippen MR) is 69.1 cm³/mol. The number of rotatable bonds is 2. The van der Waals surface area contributed by atoms with E-state index in [0.29, 0.717) is 6.54 Å². The van der Waals surface area contributed by atoms with E-state index < -0.39 is 5.54 Å². The lowest BCUT2D eigenvalue weighted by Crippen LogP contribution is -2.50. The number of aromatic nitrogens is 1. The summed E-state index contributed by atoms with van der Waals surface area (Å²) in [4.78, 5) is 30.0. The molecule has 2 fully saturated rings. The van der Waals surface area contributed by atoms with Crippen LogP contribution in [0.4, 0.5) is 4.79 Å². The molecule has 1 aliphatic heterocycles. The topological polar surface area (TPSA) is 62.3 Å². The van der Waals surface area contributed by atoms with Crippen molar-refractivity contribution in [3.63, 3.8) is 0 Å². The van der Waals surface area contributed by atoms with E-state index in [-0.39, 0.29) is 11.9 Å². The summed E-state index contributed by atoms with van der Waals surface area (Å²) in [6.45, 7) is 0.450. The summed E-state index contributed by atoms with van der Waals surface area (Å²) in [6.07, 6.45) is 8.13. The van der Waals surface area contributed by atoms with Gasteiger partial charge in [-0.25, -0.2) is 4.79 Å². The van der Waals surface area contributed by atoms with Gasteiger partial charge in [0.25, 0.3) is 5.91 Å². The summed E-state index contributed by atoms with van der Waals surface area (Å²) >= 11 is 0. The van der Waals surface area contributed by atoms with Gasteiger partial charge in [0, 0.05) is 12.4 Å². The van der Waals surface area contributed by atoms with Crippen LogP contribution in [0.2, 0.25) is 0 Å². The third-order valence-corrected chi connectivity index (χ3v) is 4.15. The van der Waals surface area contributed by atoms with Crippen LogP contribution >= 0.6 is 0 Å². The zero-order valence-electron chi connectivity index (χ0n) is 10.8. The van der Waals surface area contributed by atoms with E-state index in [9.17, 15) is 9.59 Å². The minimum Gasteiger partial charge on any atom is -0.305 e. The average Bonchev–Trinajstić information content (AvgIpc) is 2.66. The van der Waals surface area contributed by atoms with E-state index in [2.05, 4.69) is 10.3 Å². The summed E-state index contributed by atoms with van der Waals surface area (Å²) in [7, 11) is 0. The molecule has 0 atom stereocenters. The molecule has 5 heteroatoms. The van der Waals surface area contributed by atoms with Crippen LogP contribution in [0.1, 0.15) is 37.7 Å². The van der Waals surface area contributed by atoms with Crippen LogP contribution in [-0.4, -0.2) is 27.4 Å². The number of nitrogens with one attached hydrogen (secondary N) is 1. The lowest BCUT2D eigenvalue weighted by atomic mass is 9.80. The largest absolute Gasteiger partial charge is 0.325 e. The lowest BCUT2D eigenvalue weighted by Gasteiger charge is -2.38. The second-order valence-corrected chi connectivity index (χ2v) is 5.30. The average molecular weight is 259 g/mol. The number of imide groups is 1. The van der Waals surface area contributed by atoms with Crippen LogP contribution in [0.3, 0.4) is 0 Å². The van der Waals surface area contributed by atoms with E-state index in [1.807, 2.05) is 12.1 Å². The fraction of sp³-hybridized carbons (Fsp3) is 0.500. The number of urea groups is 1. The Kier molecular flexibility index (Phi) is 2.97. The Hall–Kier alpha value is -1.91. The third kappa shape index (κ3) is 1.99. The first-order valence-electron chi connectivity index (χ1n) is 6.74. The molecule has 0 unspecified atom stereocenters. The number of hydrogen-bond donors (Lipinski definition) is 1. The Morgan fingerprint density at radius 3 is 2.74 bits per heavy atom. The van der Waals surface area contributed by atoms with Crippen molar-refractivity contribution in [1.82, 2.24) is 15.2 Å². The van der Waals surface area contributed by atoms with Crippen molar-refractivity contribution in [2.24, 2.45) is 0 Å². The van der Waals surface area contributed by atoms with E-state index in [4.69, 9.17) is 0 Å². The molecule has 1 aromatic rings. The molecule has 1 saturated carbocycles. The normalized spacial score (nSPS) is 21.8. The second-order valence-electron chi connectivity index (χ2n) is 5.30. The first-order valence-corrected chi connectivity index (χ1v) is 6.74. The van der Waals surface area contributed by atoms with Gasteiger partial charge in [-0.2, -0.15) is 0 Å². The van der Waals surface area contributed by atoms with Gasteiger partial charge in [-0.3, -0.25) is 15.1 Å². The molecule has 3 amide bonds. The number of hydrogen-bond acceptors (Lipinski definition) is 3. The van der Waals surface area contributed by atoms with Crippen molar-refractivity contribution in [3.05, 3.63) is 30.1 Å². The third-order valence-electron chi connectivity index (χ3n) is 4.15. The molecule has 5 nitrogen and oxygen atoms in total.